The smallest absolute Gasteiger partial charge is 0.216 e. The van der Waals surface area contributed by atoms with E-state index in [1.165, 1.54) is 0 Å². The van der Waals surface area contributed by atoms with E-state index in [1.807, 2.05) is 0 Å². The van der Waals surface area contributed by atoms with Crippen LogP contribution in [-0.2, 0) is 9.53 Å². The number of rotatable bonds is 0. The van der Waals surface area contributed by atoms with Gasteiger partial charge in [-0.15, -0.1) is 0 Å². The number of carbonyl (C=O) groups is 1. The molecule has 1 aliphatic heterocycles. The van der Waals surface area contributed by atoms with Gasteiger partial charge in [-0.2, -0.15) is 0 Å². The van der Waals surface area contributed by atoms with Crippen molar-refractivity contribution in [2.45, 2.75) is 16.9 Å². The molecule has 0 aromatic heterocycles. The molecule has 0 spiro atoms. The molecule has 0 aromatic rings. The lowest BCUT2D eigenvalue weighted by Gasteiger charge is -2.26. The van der Waals surface area contributed by atoms with Crippen molar-refractivity contribution in [3.05, 3.63) is 33.5 Å². The molecule has 4 bridgehead atoms. The second kappa shape index (κ2) is 3.73. The normalized spacial score (nSPS) is 45.6. The SMILES string of the molecule is O=C1C(Cl)=C(Cl)/C(=C2/O[C@H]3[C@@H]4C=C[C@H]3C[C@H]24)C1(Cl)Cl. The first kappa shape index (κ1) is 12.6. The largest absolute Gasteiger partial charge is 0.493 e. The number of ether oxygens (including phenoxy) is 1. The van der Waals surface area contributed by atoms with E-state index in [-0.39, 0.29) is 22.1 Å². The summed E-state index contributed by atoms with van der Waals surface area (Å²) in [6.45, 7) is 0. The molecule has 0 aromatic carbocycles. The van der Waals surface area contributed by atoms with E-state index < -0.39 is 10.1 Å². The molecule has 100 valence electrons. The molecule has 4 aliphatic rings. The Labute approximate surface area is 130 Å². The third-order valence-electron chi connectivity index (χ3n) is 4.43. The van der Waals surface area contributed by atoms with Gasteiger partial charge in [0.2, 0.25) is 10.1 Å². The summed E-state index contributed by atoms with van der Waals surface area (Å²) in [5, 5.41) is 0.0142. The van der Waals surface area contributed by atoms with Crippen LogP contribution in [0, 0.1) is 17.8 Å². The lowest BCUT2D eigenvalue weighted by atomic mass is 9.90. The van der Waals surface area contributed by atoms with Crippen LogP contribution in [0.3, 0.4) is 0 Å². The van der Waals surface area contributed by atoms with Crippen molar-refractivity contribution in [2.24, 2.45) is 17.8 Å². The molecule has 4 atom stereocenters. The van der Waals surface area contributed by atoms with Crippen molar-refractivity contribution < 1.29 is 9.53 Å². The number of halogens is 4. The topological polar surface area (TPSA) is 26.3 Å². The molecule has 0 unspecified atom stereocenters. The van der Waals surface area contributed by atoms with E-state index in [1.54, 1.807) is 0 Å². The molecule has 3 aliphatic carbocycles. The Bertz CT molecular complexity index is 602. The van der Waals surface area contributed by atoms with Gasteiger partial charge in [0.15, 0.2) is 0 Å². The lowest BCUT2D eigenvalue weighted by molar-refractivity contribution is -0.114. The standard InChI is InChI=1S/C13H8Cl4O2/c14-8-7(13(16,17)12(18)9(8)15)11-6-3-4-1-2-5(6)10(4)19-11/h1-2,4-6,10H,3H2/b11-7-/t4-,5+,6-,10+/m0/s1. The van der Waals surface area contributed by atoms with Gasteiger partial charge in [0.05, 0.1) is 10.6 Å². The van der Waals surface area contributed by atoms with Crippen molar-refractivity contribution in [1.82, 2.24) is 0 Å². The van der Waals surface area contributed by atoms with Gasteiger partial charge in [-0.3, -0.25) is 4.79 Å². The van der Waals surface area contributed by atoms with Gasteiger partial charge in [0.1, 0.15) is 16.9 Å². The zero-order valence-electron chi connectivity index (χ0n) is 9.50. The minimum atomic E-state index is -1.73. The van der Waals surface area contributed by atoms with Crippen LogP contribution in [0.15, 0.2) is 33.5 Å². The van der Waals surface area contributed by atoms with Gasteiger partial charge >= 0.3 is 0 Å². The van der Waals surface area contributed by atoms with Gasteiger partial charge < -0.3 is 4.74 Å². The minimum Gasteiger partial charge on any atom is -0.493 e. The number of hydrogen-bond acceptors (Lipinski definition) is 2. The van der Waals surface area contributed by atoms with Crippen LogP contribution in [0.5, 0.6) is 0 Å². The summed E-state index contributed by atoms with van der Waals surface area (Å²) < 4.78 is 4.23. The van der Waals surface area contributed by atoms with E-state index in [0.717, 1.165) is 6.42 Å². The maximum absolute atomic E-state index is 11.9. The summed E-state index contributed by atoms with van der Waals surface area (Å²) in [7, 11) is 0. The monoisotopic (exact) mass is 336 g/mol. The van der Waals surface area contributed by atoms with Crippen molar-refractivity contribution in [1.29, 1.82) is 0 Å². The summed E-state index contributed by atoms with van der Waals surface area (Å²) in [6, 6.07) is 0. The Hall–Kier alpha value is -0.150. The van der Waals surface area contributed by atoms with E-state index >= 15 is 0 Å². The zero-order valence-corrected chi connectivity index (χ0v) is 12.5. The third-order valence-corrected chi connectivity index (χ3v) is 5.99. The molecular weight excluding hydrogens is 330 g/mol. The Morgan fingerprint density at radius 3 is 2.47 bits per heavy atom. The van der Waals surface area contributed by atoms with Crippen LogP contribution in [-0.4, -0.2) is 16.2 Å². The fourth-order valence-corrected chi connectivity index (χ4v) is 4.90. The summed E-state index contributed by atoms with van der Waals surface area (Å²) in [5.41, 5.74) is 0.346. The predicted octanol–water partition coefficient (Wildman–Crippen LogP) is 3.91. The lowest BCUT2D eigenvalue weighted by Crippen LogP contribution is -2.26. The van der Waals surface area contributed by atoms with Crippen LogP contribution in [0.4, 0.5) is 0 Å². The Morgan fingerprint density at radius 1 is 1.21 bits per heavy atom. The molecule has 19 heavy (non-hydrogen) atoms. The quantitative estimate of drug-likeness (QED) is 0.495. The first-order valence-electron chi connectivity index (χ1n) is 6.01. The van der Waals surface area contributed by atoms with Gasteiger partial charge in [0, 0.05) is 17.8 Å². The molecule has 0 radical (unpaired) electrons. The maximum atomic E-state index is 11.9. The number of allylic oxidation sites excluding steroid dienone is 4. The highest BCUT2D eigenvalue weighted by Crippen LogP contribution is 2.60. The fourth-order valence-electron chi connectivity index (χ4n) is 3.59. The molecule has 4 rings (SSSR count). The average molecular weight is 338 g/mol. The maximum Gasteiger partial charge on any atom is 0.216 e. The van der Waals surface area contributed by atoms with Gasteiger partial charge in [-0.1, -0.05) is 58.6 Å². The van der Waals surface area contributed by atoms with Crippen molar-refractivity contribution in [3.63, 3.8) is 0 Å². The summed E-state index contributed by atoms with van der Waals surface area (Å²) >= 11 is 24.3. The van der Waals surface area contributed by atoms with Gasteiger partial charge in [-0.25, -0.2) is 0 Å². The van der Waals surface area contributed by atoms with Crippen LogP contribution in [0.2, 0.25) is 0 Å². The van der Waals surface area contributed by atoms with E-state index in [4.69, 9.17) is 51.1 Å². The van der Waals surface area contributed by atoms with E-state index in [2.05, 4.69) is 12.2 Å². The number of alkyl halides is 2. The highest BCUT2D eigenvalue weighted by atomic mass is 35.5. The second-order valence-corrected chi connectivity index (χ2v) is 7.40. The van der Waals surface area contributed by atoms with Crippen molar-refractivity contribution in [2.75, 3.05) is 0 Å². The van der Waals surface area contributed by atoms with Crippen molar-refractivity contribution in [3.8, 4) is 0 Å². The molecule has 1 heterocycles. The fraction of sp³-hybridized carbons (Fsp3) is 0.462. The Morgan fingerprint density at radius 2 is 1.95 bits per heavy atom. The molecule has 2 nitrogen and oxygen atoms in total. The summed E-state index contributed by atoms with van der Waals surface area (Å²) in [6.07, 6.45) is 5.48. The molecule has 0 N–H and O–H groups in total. The predicted molar refractivity (Wildman–Crippen MR) is 74.3 cm³/mol. The first-order valence-corrected chi connectivity index (χ1v) is 7.52. The minimum absolute atomic E-state index is 0.110. The summed E-state index contributed by atoms with van der Waals surface area (Å²) in [4.78, 5) is 11.9. The number of ketones is 1. The van der Waals surface area contributed by atoms with E-state index in [0.29, 0.717) is 23.2 Å². The molecule has 1 saturated carbocycles. The Kier molecular flexibility index (Phi) is 2.47. The molecular formula is C13H8Cl4O2. The molecule has 0 amide bonds. The van der Waals surface area contributed by atoms with Gasteiger partial charge in [0.25, 0.3) is 0 Å². The summed E-state index contributed by atoms with van der Waals surface area (Å²) in [5.74, 6) is 1.08. The number of carbonyl (C=O) groups excluding carboxylic acids is 1. The average Bonchev–Trinajstić information content (AvgIpc) is 3.05. The first-order chi connectivity index (χ1) is 8.93. The number of hydrogen-bond donors (Lipinski definition) is 0. The molecule has 2 fully saturated rings. The highest BCUT2D eigenvalue weighted by Gasteiger charge is 2.59. The number of Topliss-reactive ketones (excluding diaryl/α,β-unsaturated/α-hetero) is 1. The Balaban J connectivity index is 1.87. The van der Waals surface area contributed by atoms with Crippen LogP contribution in [0.25, 0.3) is 0 Å². The third kappa shape index (κ3) is 1.39. The van der Waals surface area contributed by atoms with Crippen molar-refractivity contribution >= 4 is 52.2 Å². The second-order valence-electron chi connectivity index (χ2n) is 5.32. The van der Waals surface area contributed by atoms with Crippen LogP contribution >= 0.6 is 46.4 Å². The van der Waals surface area contributed by atoms with Crippen LogP contribution < -0.4 is 0 Å². The zero-order chi connectivity index (χ0) is 13.5. The highest BCUT2D eigenvalue weighted by molar-refractivity contribution is 6.70. The molecule has 6 heteroatoms. The van der Waals surface area contributed by atoms with Gasteiger partial charge in [-0.05, 0) is 6.42 Å². The molecule has 1 saturated heterocycles. The van der Waals surface area contributed by atoms with Crippen LogP contribution in [0.1, 0.15) is 6.42 Å². The van der Waals surface area contributed by atoms with E-state index in [9.17, 15) is 4.79 Å².